The molecule has 0 heterocycles. The van der Waals surface area contributed by atoms with Gasteiger partial charge in [-0.05, 0) is 92.9 Å². The molecule has 0 unspecified atom stereocenters. The third kappa shape index (κ3) is 7.97. The lowest BCUT2D eigenvalue weighted by Crippen LogP contribution is -2.19. The van der Waals surface area contributed by atoms with Gasteiger partial charge in [-0.2, -0.15) is 0 Å². The molecule has 0 radical (unpaired) electrons. The highest BCUT2D eigenvalue weighted by Gasteiger charge is 2.08. The Labute approximate surface area is 197 Å². The minimum atomic E-state index is 0.246. The van der Waals surface area contributed by atoms with E-state index in [1.807, 2.05) is 70.7 Å². The topological polar surface area (TPSA) is 45.2 Å². The van der Waals surface area contributed by atoms with Crippen LogP contribution in [0.1, 0.15) is 16.7 Å². The minimum Gasteiger partial charge on any atom is -0.508 e. The van der Waals surface area contributed by atoms with Gasteiger partial charge in [-0.1, -0.05) is 36.4 Å². The maximum Gasteiger partial charge on any atom is 0.119 e. The summed E-state index contributed by atoms with van der Waals surface area (Å²) in [7, 11) is 8.13. The molecule has 1 N–H and O–H groups in total. The average Bonchev–Trinajstić information content (AvgIpc) is 2.78. The zero-order valence-electron chi connectivity index (χ0n) is 20.0. The van der Waals surface area contributed by atoms with Crippen molar-refractivity contribution in [2.45, 2.75) is 0 Å². The Morgan fingerprint density at radius 3 is 1.91 bits per heavy atom. The molecule has 3 rings (SSSR count). The average molecular weight is 447 g/mol. The van der Waals surface area contributed by atoms with Crippen LogP contribution in [0.5, 0.6) is 17.2 Å². The van der Waals surface area contributed by atoms with Crippen molar-refractivity contribution < 1.29 is 14.6 Å². The van der Waals surface area contributed by atoms with Gasteiger partial charge in [0.25, 0.3) is 0 Å². The van der Waals surface area contributed by atoms with Crippen molar-refractivity contribution >= 4 is 11.6 Å². The zero-order valence-corrected chi connectivity index (χ0v) is 20.0. The maximum atomic E-state index is 9.78. The first-order valence-corrected chi connectivity index (χ1v) is 11.2. The maximum absolute atomic E-state index is 9.78. The largest absolute Gasteiger partial charge is 0.508 e. The van der Waals surface area contributed by atoms with Gasteiger partial charge < -0.3 is 24.4 Å². The van der Waals surface area contributed by atoms with E-state index in [2.05, 4.69) is 34.1 Å². The van der Waals surface area contributed by atoms with E-state index in [4.69, 9.17) is 9.47 Å². The van der Waals surface area contributed by atoms with Crippen molar-refractivity contribution in [2.24, 2.45) is 0 Å². The molecule has 3 aromatic rings. The Kier molecular flexibility index (Phi) is 8.93. The second kappa shape index (κ2) is 12.1. The van der Waals surface area contributed by atoms with Crippen molar-refractivity contribution in [2.75, 3.05) is 54.5 Å². The smallest absolute Gasteiger partial charge is 0.119 e. The molecule has 3 aromatic carbocycles. The third-order valence-electron chi connectivity index (χ3n) is 5.11. The quantitative estimate of drug-likeness (QED) is 0.426. The molecule has 0 spiro atoms. The fourth-order valence-electron chi connectivity index (χ4n) is 3.28. The summed E-state index contributed by atoms with van der Waals surface area (Å²) in [6, 6.07) is 23.5. The van der Waals surface area contributed by atoms with Crippen LogP contribution in [-0.4, -0.2) is 69.4 Å². The van der Waals surface area contributed by atoms with E-state index in [-0.39, 0.29) is 5.75 Å². The molecular weight excluding hydrogens is 412 g/mol. The zero-order chi connectivity index (χ0) is 23.6. The van der Waals surface area contributed by atoms with E-state index < -0.39 is 0 Å². The molecule has 0 atom stereocenters. The minimum absolute atomic E-state index is 0.246. The lowest BCUT2D eigenvalue weighted by atomic mass is 9.95. The first-order chi connectivity index (χ1) is 15.9. The highest BCUT2D eigenvalue weighted by molar-refractivity contribution is 5.92. The molecule has 0 amide bonds. The molecule has 5 heteroatoms. The first-order valence-electron chi connectivity index (χ1n) is 11.2. The first kappa shape index (κ1) is 24.4. The lowest BCUT2D eigenvalue weighted by Gasteiger charge is -2.14. The Balaban J connectivity index is 1.91. The van der Waals surface area contributed by atoms with E-state index in [1.54, 1.807) is 12.1 Å². The monoisotopic (exact) mass is 446 g/mol. The van der Waals surface area contributed by atoms with Crippen LogP contribution in [0.3, 0.4) is 0 Å². The molecule has 0 aliphatic rings. The Bertz CT molecular complexity index is 1040. The fourth-order valence-corrected chi connectivity index (χ4v) is 3.28. The summed E-state index contributed by atoms with van der Waals surface area (Å²) in [5, 5.41) is 9.78. The summed E-state index contributed by atoms with van der Waals surface area (Å²) < 4.78 is 11.9. The van der Waals surface area contributed by atoms with E-state index in [9.17, 15) is 5.11 Å². The van der Waals surface area contributed by atoms with Crippen LogP contribution in [0.2, 0.25) is 0 Å². The summed E-state index contributed by atoms with van der Waals surface area (Å²) in [5.41, 5.74) is 4.14. The van der Waals surface area contributed by atoms with Crippen LogP contribution < -0.4 is 9.47 Å². The van der Waals surface area contributed by atoms with E-state index >= 15 is 0 Å². The van der Waals surface area contributed by atoms with Gasteiger partial charge in [0.1, 0.15) is 30.5 Å². The molecule has 0 aliphatic carbocycles. The molecule has 0 saturated carbocycles. The summed E-state index contributed by atoms with van der Waals surface area (Å²) >= 11 is 0. The van der Waals surface area contributed by atoms with Crippen LogP contribution in [0.15, 0.2) is 72.8 Å². The van der Waals surface area contributed by atoms with E-state index in [0.717, 1.165) is 46.9 Å². The third-order valence-corrected chi connectivity index (χ3v) is 5.11. The van der Waals surface area contributed by atoms with Gasteiger partial charge in [-0.25, -0.2) is 0 Å². The second-order valence-electron chi connectivity index (χ2n) is 8.51. The fraction of sp³-hybridized carbons (Fsp3) is 0.286. The normalized spacial score (nSPS) is 11.8. The van der Waals surface area contributed by atoms with Crippen LogP contribution in [0.4, 0.5) is 0 Å². The number of phenols is 1. The number of aromatic hydroxyl groups is 1. The number of phenolic OH excluding ortho intramolecular Hbond substituents is 1. The molecule has 0 saturated heterocycles. The summed E-state index contributed by atoms with van der Waals surface area (Å²) in [6.07, 6.45) is 2.14. The molecule has 5 nitrogen and oxygen atoms in total. The van der Waals surface area contributed by atoms with E-state index in [1.165, 1.54) is 0 Å². The van der Waals surface area contributed by atoms with Gasteiger partial charge in [-0.3, -0.25) is 0 Å². The number of hydrogen-bond acceptors (Lipinski definition) is 5. The van der Waals surface area contributed by atoms with Gasteiger partial charge >= 0.3 is 0 Å². The number of ether oxygens (including phenoxy) is 2. The predicted octanol–water partition coefficient (Wildman–Crippen LogP) is 4.86. The van der Waals surface area contributed by atoms with Crippen molar-refractivity contribution in [1.82, 2.24) is 9.80 Å². The van der Waals surface area contributed by atoms with Crippen LogP contribution in [0.25, 0.3) is 11.6 Å². The lowest BCUT2D eigenvalue weighted by molar-refractivity contribution is 0.261. The molecule has 0 aliphatic heterocycles. The van der Waals surface area contributed by atoms with Gasteiger partial charge in [0, 0.05) is 13.1 Å². The Morgan fingerprint density at radius 1 is 0.727 bits per heavy atom. The SMILES string of the molecule is CN(C)CCOc1cccc(/C=C(/c2ccc(O)cc2)c2cccc(OCCN(C)C)c2)c1. The number of rotatable bonds is 11. The second-order valence-corrected chi connectivity index (χ2v) is 8.51. The van der Waals surface area contributed by atoms with Gasteiger partial charge in [0.2, 0.25) is 0 Å². The number of nitrogens with zero attached hydrogens (tertiary/aromatic N) is 2. The van der Waals surface area contributed by atoms with Crippen LogP contribution >= 0.6 is 0 Å². The van der Waals surface area contributed by atoms with Crippen molar-refractivity contribution in [3.63, 3.8) is 0 Å². The molecule has 33 heavy (non-hydrogen) atoms. The van der Waals surface area contributed by atoms with Gasteiger partial charge in [0.15, 0.2) is 0 Å². The van der Waals surface area contributed by atoms with Crippen molar-refractivity contribution in [1.29, 1.82) is 0 Å². The Morgan fingerprint density at radius 2 is 1.30 bits per heavy atom. The molecule has 0 bridgehead atoms. The van der Waals surface area contributed by atoms with E-state index in [0.29, 0.717) is 13.2 Å². The van der Waals surface area contributed by atoms with Crippen molar-refractivity contribution in [3.8, 4) is 17.2 Å². The predicted molar refractivity (Wildman–Crippen MR) is 136 cm³/mol. The van der Waals surface area contributed by atoms with Crippen LogP contribution in [0, 0.1) is 0 Å². The summed E-state index contributed by atoms with van der Waals surface area (Å²) in [5.74, 6) is 1.92. The highest BCUT2D eigenvalue weighted by atomic mass is 16.5. The molecule has 0 fully saturated rings. The highest BCUT2D eigenvalue weighted by Crippen LogP contribution is 2.30. The number of likely N-dealkylation sites (N-methyl/N-ethyl adjacent to an activating group) is 2. The van der Waals surface area contributed by atoms with Gasteiger partial charge in [-0.15, -0.1) is 0 Å². The molecule has 174 valence electrons. The van der Waals surface area contributed by atoms with Gasteiger partial charge in [0.05, 0.1) is 0 Å². The van der Waals surface area contributed by atoms with Crippen LogP contribution in [-0.2, 0) is 0 Å². The van der Waals surface area contributed by atoms with Crippen molar-refractivity contribution in [3.05, 3.63) is 89.5 Å². The summed E-state index contributed by atoms with van der Waals surface area (Å²) in [4.78, 5) is 4.19. The Hall–Kier alpha value is -3.28. The number of hydrogen-bond donors (Lipinski definition) is 1. The summed E-state index contributed by atoms with van der Waals surface area (Å²) in [6.45, 7) is 2.98. The molecule has 0 aromatic heterocycles. The number of benzene rings is 3. The molecular formula is C28H34N2O3. The standard InChI is InChI=1S/C28H34N2O3/c1-29(2)15-17-32-26-9-5-7-22(19-26)20-28(23-11-13-25(31)14-12-23)24-8-6-10-27(21-24)33-18-16-30(3)4/h5-14,19-21,31H,15-18H2,1-4H3/b28-20-.